The van der Waals surface area contributed by atoms with Crippen molar-refractivity contribution in [2.75, 3.05) is 38.2 Å². The molecule has 6 nitrogen and oxygen atoms in total. The van der Waals surface area contributed by atoms with Gasteiger partial charge in [-0.25, -0.2) is 4.98 Å². The molecule has 126 valence electrons. The van der Waals surface area contributed by atoms with E-state index in [4.69, 9.17) is 4.74 Å². The summed E-state index contributed by atoms with van der Waals surface area (Å²) < 4.78 is 5.21. The highest BCUT2D eigenvalue weighted by Crippen LogP contribution is 2.18. The predicted molar refractivity (Wildman–Crippen MR) is 92.6 cm³/mol. The summed E-state index contributed by atoms with van der Waals surface area (Å²) in [4.78, 5) is 25.5. The molecule has 2 heterocycles. The number of carbonyl (C=O) groups excluding carboxylic acids is 1. The van der Waals surface area contributed by atoms with Crippen LogP contribution < -0.4 is 9.64 Å². The van der Waals surface area contributed by atoms with Crippen molar-refractivity contribution in [3.05, 3.63) is 47.2 Å². The van der Waals surface area contributed by atoms with E-state index in [1.54, 1.807) is 13.2 Å². The third-order valence-electron chi connectivity index (χ3n) is 4.14. The minimum Gasteiger partial charge on any atom is -0.481 e. The van der Waals surface area contributed by atoms with Crippen molar-refractivity contribution in [3.63, 3.8) is 0 Å². The number of carbonyl (C=O) groups is 1. The Hall–Kier alpha value is -2.63. The average Bonchev–Trinajstić information content (AvgIpc) is 2.60. The van der Waals surface area contributed by atoms with Crippen LogP contribution in [0.4, 0.5) is 5.95 Å². The molecule has 1 aliphatic rings. The summed E-state index contributed by atoms with van der Waals surface area (Å²) in [6, 6.07) is 9.53. The molecular weight excluding hydrogens is 304 g/mol. The Morgan fingerprint density at radius 3 is 2.50 bits per heavy atom. The molecule has 0 aliphatic carbocycles. The molecule has 1 aromatic heterocycles. The fraction of sp³-hybridized carbons (Fsp3) is 0.389. The number of hydrogen-bond donors (Lipinski definition) is 0. The van der Waals surface area contributed by atoms with Crippen molar-refractivity contribution in [3.8, 4) is 5.88 Å². The van der Waals surface area contributed by atoms with Crippen LogP contribution in [0.5, 0.6) is 5.88 Å². The first-order valence-electron chi connectivity index (χ1n) is 8.07. The van der Waals surface area contributed by atoms with E-state index in [-0.39, 0.29) is 5.91 Å². The lowest BCUT2D eigenvalue weighted by atomic mass is 10.1. The predicted octanol–water partition coefficient (Wildman–Crippen LogP) is 2.06. The van der Waals surface area contributed by atoms with Crippen molar-refractivity contribution in [2.45, 2.75) is 13.8 Å². The van der Waals surface area contributed by atoms with Crippen LogP contribution in [0.25, 0.3) is 0 Å². The molecule has 0 spiro atoms. The van der Waals surface area contributed by atoms with Gasteiger partial charge in [0, 0.05) is 43.5 Å². The van der Waals surface area contributed by atoms with Crippen molar-refractivity contribution >= 4 is 11.9 Å². The van der Waals surface area contributed by atoms with Crippen molar-refractivity contribution in [1.29, 1.82) is 0 Å². The third kappa shape index (κ3) is 3.48. The fourth-order valence-corrected chi connectivity index (χ4v) is 2.84. The van der Waals surface area contributed by atoms with Gasteiger partial charge in [-0.1, -0.05) is 17.7 Å². The quantitative estimate of drug-likeness (QED) is 0.864. The van der Waals surface area contributed by atoms with E-state index >= 15 is 0 Å². The van der Waals surface area contributed by atoms with Crippen molar-refractivity contribution < 1.29 is 9.53 Å². The Morgan fingerprint density at radius 2 is 1.83 bits per heavy atom. The van der Waals surface area contributed by atoms with Crippen molar-refractivity contribution in [1.82, 2.24) is 14.9 Å². The highest BCUT2D eigenvalue weighted by molar-refractivity contribution is 5.94. The van der Waals surface area contributed by atoms with Gasteiger partial charge in [-0.2, -0.15) is 4.98 Å². The summed E-state index contributed by atoms with van der Waals surface area (Å²) in [7, 11) is 1.60. The molecule has 6 heteroatoms. The van der Waals surface area contributed by atoms with Crippen LogP contribution in [0.1, 0.15) is 21.6 Å². The average molecular weight is 326 g/mol. The van der Waals surface area contributed by atoms with Crippen LogP contribution in [0.2, 0.25) is 0 Å². The number of anilines is 1. The molecule has 1 aromatic carbocycles. The lowest BCUT2D eigenvalue weighted by molar-refractivity contribution is 0.0746. The van der Waals surface area contributed by atoms with Crippen LogP contribution in [-0.4, -0.2) is 54.1 Å². The van der Waals surface area contributed by atoms with E-state index < -0.39 is 0 Å². The van der Waals surface area contributed by atoms with E-state index in [1.807, 2.05) is 43.0 Å². The number of methoxy groups -OCH3 is 1. The summed E-state index contributed by atoms with van der Waals surface area (Å²) in [6.07, 6.45) is 0. The molecule has 0 saturated carbocycles. The standard InChI is InChI=1S/C18H22N4O2/c1-13-5-4-6-15(11-13)17(23)21-7-9-22(10-8-21)18-19-14(2)12-16(20-18)24-3/h4-6,11-12H,7-10H2,1-3H3. The number of hydrogen-bond acceptors (Lipinski definition) is 5. The SMILES string of the molecule is COc1cc(C)nc(N2CCN(C(=O)c3cccc(C)c3)CC2)n1. The zero-order valence-electron chi connectivity index (χ0n) is 14.3. The highest BCUT2D eigenvalue weighted by atomic mass is 16.5. The largest absolute Gasteiger partial charge is 0.481 e. The maximum absolute atomic E-state index is 12.6. The molecule has 1 fully saturated rings. The van der Waals surface area contributed by atoms with Gasteiger partial charge in [0.05, 0.1) is 7.11 Å². The molecule has 24 heavy (non-hydrogen) atoms. The normalized spacial score (nSPS) is 14.6. The first-order valence-corrected chi connectivity index (χ1v) is 8.07. The summed E-state index contributed by atoms with van der Waals surface area (Å²) in [6.45, 7) is 6.66. The molecule has 0 atom stereocenters. The van der Waals surface area contributed by atoms with Gasteiger partial charge in [-0.05, 0) is 26.0 Å². The molecular formula is C18H22N4O2. The van der Waals surface area contributed by atoms with Crippen molar-refractivity contribution in [2.24, 2.45) is 0 Å². The van der Waals surface area contributed by atoms with E-state index in [1.165, 1.54) is 0 Å². The second-order valence-corrected chi connectivity index (χ2v) is 6.00. The molecule has 1 saturated heterocycles. The lowest BCUT2D eigenvalue weighted by Crippen LogP contribution is -2.49. The summed E-state index contributed by atoms with van der Waals surface area (Å²) >= 11 is 0. The summed E-state index contributed by atoms with van der Waals surface area (Å²) in [5.74, 6) is 1.31. The summed E-state index contributed by atoms with van der Waals surface area (Å²) in [5, 5.41) is 0. The monoisotopic (exact) mass is 326 g/mol. The third-order valence-corrected chi connectivity index (χ3v) is 4.14. The van der Waals surface area contributed by atoms with E-state index in [0.717, 1.165) is 16.8 Å². The highest BCUT2D eigenvalue weighted by Gasteiger charge is 2.24. The molecule has 0 N–H and O–H groups in total. The van der Waals surface area contributed by atoms with Crippen LogP contribution in [0, 0.1) is 13.8 Å². The Labute approximate surface area is 142 Å². The van der Waals surface area contributed by atoms with E-state index in [9.17, 15) is 4.79 Å². The maximum Gasteiger partial charge on any atom is 0.253 e. The Morgan fingerprint density at radius 1 is 1.08 bits per heavy atom. The van der Waals surface area contributed by atoms with Gasteiger partial charge in [0.15, 0.2) is 0 Å². The van der Waals surface area contributed by atoms with Gasteiger partial charge >= 0.3 is 0 Å². The van der Waals surface area contributed by atoms with Gasteiger partial charge < -0.3 is 14.5 Å². The second-order valence-electron chi connectivity index (χ2n) is 6.00. The summed E-state index contributed by atoms with van der Waals surface area (Å²) in [5.41, 5.74) is 2.71. The number of amides is 1. The topological polar surface area (TPSA) is 58.6 Å². The Balaban J connectivity index is 1.67. The zero-order chi connectivity index (χ0) is 17.1. The number of benzene rings is 1. The smallest absolute Gasteiger partial charge is 0.253 e. The molecule has 0 unspecified atom stereocenters. The van der Waals surface area contributed by atoms with Gasteiger partial charge in [0.1, 0.15) is 0 Å². The minimum atomic E-state index is 0.0843. The molecule has 0 bridgehead atoms. The van der Waals surface area contributed by atoms with Crippen LogP contribution in [-0.2, 0) is 0 Å². The molecule has 1 aliphatic heterocycles. The molecule has 1 amide bonds. The van der Waals surface area contributed by atoms with Gasteiger partial charge in [0.25, 0.3) is 5.91 Å². The maximum atomic E-state index is 12.6. The zero-order valence-corrected chi connectivity index (χ0v) is 14.3. The number of aromatic nitrogens is 2. The van der Waals surface area contributed by atoms with Crippen LogP contribution in [0.15, 0.2) is 30.3 Å². The van der Waals surface area contributed by atoms with E-state index in [2.05, 4.69) is 14.9 Å². The van der Waals surface area contributed by atoms with Gasteiger partial charge in [-0.15, -0.1) is 0 Å². The number of ether oxygens (including phenoxy) is 1. The second kappa shape index (κ2) is 6.86. The van der Waals surface area contributed by atoms with Crippen LogP contribution in [0.3, 0.4) is 0 Å². The molecule has 2 aromatic rings. The molecule has 3 rings (SSSR count). The van der Waals surface area contributed by atoms with Gasteiger partial charge in [-0.3, -0.25) is 4.79 Å². The number of rotatable bonds is 3. The first kappa shape index (κ1) is 16.2. The lowest BCUT2D eigenvalue weighted by Gasteiger charge is -2.35. The number of nitrogens with zero attached hydrogens (tertiary/aromatic N) is 4. The number of aryl methyl sites for hydroxylation is 2. The Bertz CT molecular complexity index is 740. The molecule has 0 radical (unpaired) electrons. The fourth-order valence-electron chi connectivity index (χ4n) is 2.84. The Kier molecular flexibility index (Phi) is 4.64. The van der Waals surface area contributed by atoms with E-state index in [0.29, 0.717) is 38.0 Å². The number of piperazine rings is 1. The minimum absolute atomic E-state index is 0.0843. The van der Waals surface area contributed by atoms with Crippen LogP contribution >= 0.6 is 0 Å². The first-order chi connectivity index (χ1) is 11.6. The van der Waals surface area contributed by atoms with Gasteiger partial charge in [0.2, 0.25) is 11.8 Å².